The molecule has 0 saturated carbocycles. The molecule has 0 radical (unpaired) electrons. The van der Waals surface area contributed by atoms with E-state index in [1.807, 2.05) is 18.2 Å². The maximum Gasteiger partial charge on any atom is 0.0606 e. The highest BCUT2D eigenvalue weighted by Gasteiger charge is 2.15. The number of hydrogen-bond acceptors (Lipinski definition) is 2. The van der Waals surface area contributed by atoms with Gasteiger partial charge in [0.1, 0.15) is 0 Å². The van der Waals surface area contributed by atoms with Crippen LogP contribution in [0.1, 0.15) is 36.8 Å². The smallest absolute Gasteiger partial charge is 0.0606 e. The molecule has 2 rings (SSSR count). The third-order valence-electron chi connectivity index (χ3n) is 3.62. The molecular weight excluding hydrogens is 234 g/mol. The predicted octanol–water partition coefficient (Wildman–Crippen LogP) is 3.57. The van der Waals surface area contributed by atoms with Gasteiger partial charge in [-0.1, -0.05) is 37.3 Å². The van der Waals surface area contributed by atoms with Gasteiger partial charge in [-0.25, -0.2) is 0 Å². The van der Waals surface area contributed by atoms with Crippen molar-refractivity contribution in [2.75, 3.05) is 0 Å². The molecule has 1 N–H and O–H groups in total. The molecule has 2 aromatic rings. The summed E-state index contributed by atoms with van der Waals surface area (Å²) in [6.45, 7) is 2.07. The first kappa shape index (κ1) is 13.8. The van der Waals surface area contributed by atoms with Crippen molar-refractivity contribution in [3.05, 3.63) is 66.0 Å². The van der Waals surface area contributed by atoms with Gasteiger partial charge in [0.15, 0.2) is 0 Å². The molecular formula is C17H21NO. The molecule has 0 aliphatic heterocycles. The van der Waals surface area contributed by atoms with E-state index in [1.165, 1.54) is 5.56 Å². The van der Waals surface area contributed by atoms with E-state index >= 15 is 0 Å². The second-order valence-corrected chi connectivity index (χ2v) is 5.01. The van der Waals surface area contributed by atoms with Crippen LogP contribution in [0.25, 0.3) is 0 Å². The van der Waals surface area contributed by atoms with Gasteiger partial charge in [0.2, 0.25) is 0 Å². The molecule has 0 fully saturated rings. The molecule has 19 heavy (non-hydrogen) atoms. The second-order valence-electron chi connectivity index (χ2n) is 5.01. The van der Waals surface area contributed by atoms with Crippen LogP contribution in [0.15, 0.2) is 54.9 Å². The second kappa shape index (κ2) is 7.05. The maximum atomic E-state index is 10.2. The number of aromatic nitrogens is 1. The summed E-state index contributed by atoms with van der Waals surface area (Å²) in [6, 6.07) is 14.4. The average Bonchev–Trinajstić information content (AvgIpc) is 2.48. The minimum absolute atomic E-state index is 0.166. The van der Waals surface area contributed by atoms with Crippen LogP contribution in [-0.2, 0) is 6.42 Å². The van der Waals surface area contributed by atoms with Crippen molar-refractivity contribution in [2.24, 2.45) is 0 Å². The number of hydrogen-bond donors (Lipinski definition) is 1. The SMILES string of the molecule is CC(c1ccncc1)C(O)CCCc1ccccc1. The molecule has 100 valence electrons. The van der Waals surface area contributed by atoms with E-state index in [2.05, 4.69) is 36.2 Å². The Morgan fingerprint density at radius 3 is 2.42 bits per heavy atom. The molecule has 0 spiro atoms. The Morgan fingerprint density at radius 2 is 1.74 bits per heavy atom. The molecule has 2 nitrogen and oxygen atoms in total. The first-order valence-corrected chi connectivity index (χ1v) is 6.89. The summed E-state index contributed by atoms with van der Waals surface area (Å²) in [5.74, 6) is 0.166. The van der Waals surface area contributed by atoms with Crippen LogP contribution in [0, 0.1) is 0 Å². The van der Waals surface area contributed by atoms with Gasteiger partial charge in [0.05, 0.1) is 6.10 Å². The molecule has 2 unspecified atom stereocenters. The Bertz CT molecular complexity index is 469. The van der Waals surface area contributed by atoms with Crippen molar-refractivity contribution in [3.63, 3.8) is 0 Å². The lowest BCUT2D eigenvalue weighted by molar-refractivity contribution is 0.137. The monoisotopic (exact) mass is 255 g/mol. The highest BCUT2D eigenvalue weighted by atomic mass is 16.3. The normalized spacial score (nSPS) is 14.0. The largest absolute Gasteiger partial charge is 0.393 e. The molecule has 0 aliphatic rings. The van der Waals surface area contributed by atoms with Crippen LogP contribution < -0.4 is 0 Å². The lowest BCUT2D eigenvalue weighted by atomic mass is 9.92. The summed E-state index contributed by atoms with van der Waals surface area (Å²) in [5, 5.41) is 10.2. The van der Waals surface area contributed by atoms with Crippen LogP contribution >= 0.6 is 0 Å². The summed E-state index contributed by atoms with van der Waals surface area (Å²) >= 11 is 0. The Morgan fingerprint density at radius 1 is 1.05 bits per heavy atom. The fraction of sp³-hybridized carbons (Fsp3) is 0.353. The standard InChI is InChI=1S/C17H21NO/c1-14(16-10-12-18-13-11-16)17(19)9-5-8-15-6-3-2-4-7-15/h2-4,6-7,10-14,17,19H,5,8-9H2,1H3. The molecule has 1 aromatic heterocycles. The lowest BCUT2D eigenvalue weighted by Crippen LogP contribution is -2.16. The number of rotatable bonds is 6. The summed E-state index contributed by atoms with van der Waals surface area (Å²) in [5.41, 5.74) is 2.49. The minimum atomic E-state index is -0.286. The zero-order valence-electron chi connectivity index (χ0n) is 11.4. The quantitative estimate of drug-likeness (QED) is 0.856. The van der Waals surface area contributed by atoms with Crippen molar-refractivity contribution in [3.8, 4) is 0 Å². The number of nitrogens with zero attached hydrogens (tertiary/aromatic N) is 1. The number of benzene rings is 1. The van der Waals surface area contributed by atoms with Crippen LogP contribution in [0.2, 0.25) is 0 Å². The predicted molar refractivity (Wildman–Crippen MR) is 78.0 cm³/mol. The van der Waals surface area contributed by atoms with Crippen molar-refractivity contribution in [2.45, 2.75) is 38.2 Å². The Kier molecular flexibility index (Phi) is 5.10. The minimum Gasteiger partial charge on any atom is -0.393 e. The summed E-state index contributed by atoms with van der Waals surface area (Å²) < 4.78 is 0. The molecule has 1 heterocycles. The van der Waals surface area contributed by atoms with Gasteiger partial charge in [-0.2, -0.15) is 0 Å². The van der Waals surface area contributed by atoms with Crippen LogP contribution in [0.5, 0.6) is 0 Å². The zero-order valence-corrected chi connectivity index (χ0v) is 11.4. The van der Waals surface area contributed by atoms with E-state index in [0.29, 0.717) is 0 Å². The molecule has 1 aromatic carbocycles. The summed E-state index contributed by atoms with van der Waals surface area (Å²) in [7, 11) is 0. The first-order valence-electron chi connectivity index (χ1n) is 6.89. The van der Waals surface area contributed by atoms with Crippen LogP contribution in [0.4, 0.5) is 0 Å². The first-order chi connectivity index (χ1) is 9.27. The maximum absolute atomic E-state index is 10.2. The van der Waals surface area contributed by atoms with Crippen molar-refractivity contribution in [1.82, 2.24) is 4.98 Å². The van der Waals surface area contributed by atoms with Gasteiger partial charge in [-0.05, 0) is 42.5 Å². The molecule has 0 saturated heterocycles. The van der Waals surface area contributed by atoms with Crippen molar-refractivity contribution in [1.29, 1.82) is 0 Å². The van der Waals surface area contributed by atoms with Gasteiger partial charge in [-0.15, -0.1) is 0 Å². The molecule has 0 amide bonds. The van der Waals surface area contributed by atoms with Gasteiger partial charge in [0.25, 0.3) is 0 Å². The fourth-order valence-electron chi connectivity index (χ4n) is 2.30. The highest BCUT2D eigenvalue weighted by molar-refractivity contribution is 5.17. The van der Waals surface area contributed by atoms with Crippen molar-refractivity contribution < 1.29 is 5.11 Å². The van der Waals surface area contributed by atoms with E-state index in [1.54, 1.807) is 12.4 Å². The van der Waals surface area contributed by atoms with Crippen LogP contribution in [0.3, 0.4) is 0 Å². The van der Waals surface area contributed by atoms with E-state index in [9.17, 15) is 5.11 Å². The van der Waals surface area contributed by atoms with Gasteiger partial charge >= 0.3 is 0 Å². The number of pyridine rings is 1. The zero-order chi connectivity index (χ0) is 13.5. The third-order valence-corrected chi connectivity index (χ3v) is 3.62. The average molecular weight is 255 g/mol. The van der Waals surface area contributed by atoms with E-state index in [4.69, 9.17) is 0 Å². The summed E-state index contributed by atoms with van der Waals surface area (Å²) in [4.78, 5) is 4.01. The number of aryl methyl sites for hydroxylation is 1. The summed E-state index contributed by atoms with van der Waals surface area (Å²) in [6.07, 6.45) is 6.15. The van der Waals surface area contributed by atoms with E-state index in [-0.39, 0.29) is 12.0 Å². The van der Waals surface area contributed by atoms with E-state index in [0.717, 1.165) is 24.8 Å². The van der Waals surface area contributed by atoms with E-state index < -0.39 is 0 Å². The van der Waals surface area contributed by atoms with Gasteiger partial charge in [0, 0.05) is 18.3 Å². The Labute approximate surface area is 115 Å². The molecule has 2 atom stereocenters. The topological polar surface area (TPSA) is 33.1 Å². The molecule has 2 heteroatoms. The Hall–Kier alpha value is -1.67. The van der Waals surface area contributed by atoms with Gasteiger partial charge in [-0.3, -0.25) is 4.98 Å². The lowest BCUT2D eigenvalue weighted by Gasteiger charge is -2.19. The fourth-order valence-corrected chi connectivity index (χ4v) is 2.30. The highest BCUT2D eigenvalue weighted by Crippen LogP contribution is 2.21. The van der Waals surface area contributed by atoms with Gasteiger partial charge < -0.3 is 5.11 Å². The third kappa shape index (κ3) is 4.18. The number of aliphatic hydroxyl groups is 1. The Balaban J connectivity index is 1.80. The van der Waals surface area contributed by atoms with Crippen molar-refractivity contribution >= 4 is 0 Å². The van der Waals surface area contributed by atoms with Crippen LogP contribution in [-0.4, -0.2) is 16.2 Å². The molecule has 0 aliphatic carbocycles. The number of aliphatic hydroxyl groups excluding tert-OH is 1. The molecule has 0 bridgehead atoms.